The molecule has 2 saturated carbocycles. The number of amides is 6. The van der Waals surface area contributed by atoms with E-state index in [2.05, 4.69) is 27.8 Å². The Morgan fingerprint density at radius 3 is 2.14 bits per heavy atom. The molecule has 1 saturated heterocycles. The topological polar surface area (TPSA) is 204 Å². The first-order chi connectivity index (χ1) is 27.3. The minimum absolute atomic E-state index is 0.00447. The van der Waals surface area contributed by atoms with Gasteiger partial charge in [-0.05, 0) is 46.0 Å². The molecular weight excluding hydrogens is 779 g/mol. The Bertz CT molecular complexity index is 1850. The second-order valence-corrected chi connectivity index (χ2v) is 21.0. The van der Waals surface area contributed by atoms with Crippen molar-refractivity contribution in [2.45, 2.75) is 112 Å². The van der Waals surface area contributed by atoms with Crippen molar-refractivity contribution >= 4 is 45.8 Å². The predicted octanol–water partition coefficient (Wildman–Crippen LogP) is 3.59. The molecule has 0 aromatic heterocycles. The molecule has 1 aromatic rings. The first-order valence-electron chi connectivity index (χ1n) is 20.3. The summed E-state index contributed by atoms with van der Waals surface area (Å²) in [6, 6.07) is 4.16. The van der Waals surface area contributed by atoms with Crippen LogP contribution in [0.5, 0.6) is 0 Å². The van der Waals surface area contributed by atoms with E-state index in [4.69, 9.17) is 4.74 Å². The minimum atomic E-state index is -4.38. The van der Waals surface area contributed by atoms with Crippen LogP contribution in [0.15, 0.2) is 43.0 Å². The van der Waals surface area contributed by atoms with Crippen LogP contribution in [0, 0.1) is 34.0 Å². The van der Waals surface area contributed by atoms with Crippen molar-refractivity contribution in [3.05, 3.63) is 48.6 Å². The fraction of sp³-hybridized carbons (Fsp3) is 0.667. The van der Waals surface area contributed by atoms with Gasteiger partial charge in [-0.1, -0.05) is 111 Å². The van der Waals surface area contributed by atoms with Crippen molar-refractivity contribution in [3.8, 4) is 0 Å². The molecule has 0 spiro atoms. The first-order valence-corrected chi connectivity index (χ1v) is 21.7. The van der Waals surface area contributed by atoms with Gasteiger partial charge in [-0.3, -0.25) is 19.2 Å². The number of carbonyl (C=O) groups is 6. The predicted molar refractivity (Wildman–Crippen MR) is 222 cm³/mol. The summed E-state index contributed by atoms with van der Waals surface area (Å²) in [4.78, 5) is 83.0. The third-order valence-corrected chi connectivity index (χ3v) is 14.0. The number of nitrogens with zero attached hydrogens (tertiary/aromatic N) is 3. The van der Waals surface area contributed by atoms with Gasteiger partial charge in [0, 0.05) is 39.8 Å². The van der Waals surface area contributed by atoms with Crippen molar-refractivity contribution in [1.82, 2.24) is 34.8 Å². The molecule has 3 aliphatic rings. The number of Topliss-reactive ketones (excluding diaryl/α,β-unsaturated/α-hetero) is 1. The average Bonchev–Trinajstić information content (AvgIpc) is 3.44. The molecule has 1 aromatic carbocycles. The summed E-state index contributed by atoms with van der Waals surface area (Å²) in [5.74, 6) is -2.57. The monoisotopic (exact) mass is 843 g/mol. The normalized spacial score (nSPS) is 21.5. The van der Waals surface area contributed by atoms with Gasteiger partial charge in [0.05, 0.1) is 6.04 Å². The Morgan fingerprint density at radius 2 is 1.59 bits per heavy atom. The fourth-order valence-electron chi connectivity index (χ4n) is 7.92. The van der Waals surface area contributed by atoms with Gasteiger partial charge in [-0.25, -0.2) is 9.59 Å². The molecule has 59 heavy (non-hydrogen) atoms. The summed E-state index contributed by atoms with van der Waals surface area (Å²) < 4.78 is 33.7. The Morgan fingerprint density at radius 1 is 0.966 bits per heavy atom. The second-order valence-electron chi connectivity index (χ2n) is 19.0. The Hall–Kier alpha value is -4.51. The second kappa shape index (κ2) is 18.4. The molecule has 1 heterocycles. The summed E-state index contributed by atoms with van der Waals surface area (Å²) in [6.07, 6.45) is 3.50. The van der Waals surface area contributed by atoms with Gasteiger partial charge in [0.15, 0.2) is 0 Å². The van der Waals surface area contributed by atoms with E-state index in [1.54, 1.807) is 51.1 Å². The molecule has 6 atom stereocenters. The summed E-state index contributed by atoms with van der Waals surface area (Å²) in [7, 11) is -2.00. The van der Waals surface area contributed by atoms with Crippen LogP contribution in [0.3, 0.4) is 0 Å². The lowest BCUT2D eigenvalue weighted by molar-refractivity contribution is -0.145. The van der Waals surface area contributed by atoms with Crippen LogP contribution in [0.25, 0.3) is 0 Å². The van der Waals surface area contributed by atoms with Gasteiger partial charge < -0.3 is 30.9 Å². The molecule has 0 radical (unpaired) electrons. The zero-order chi connectivity index (χ0) is 44.2. The highest BCUT2D eigenvalue weighted by molar-refractivity contribution is 7.87. The SMILES string of the molecule is C=CCNC(=O)C(=O)C(CC1CCC1)NC(=O)[C@@H]1[C@@H]2[C@H](CN1C(=O)[C@@H](NC(=O)N[C@H](CN(C)S(=O)(=O)N(C)C(=O)OCc1ccccc1)C(C)(C)C)C(C)(C)C)C2(C)C. The molecule has 0 bridgehead atoms. The quantitative estimate of drug-likeness (QED) is 0.134. The van der Waals surface area contributed by atoms with Crippen LogP contribution in [0.4, 0.5) is 9.59 Å². The van der Waals surface area contributed by atoms with Gasteiger partial charge in [0.2, 0.25) is 17.6 Å². The minimum Gasteiger partial charge on any atom is -0.444 e. The summed E-state index contributed by atoms with van der Waals surface area (Å²) in [5.41, 5.74) is -1.11. The van der Waals surface area contributed by atoms with Crippen molar-refractivity contribution in [1.29, 1.82) is 0 Å². The van der Waals surface area contributed by atoms with Crippen LogP contribution in [-0.4, -0.2) is 115 Å². The number of hydrogen-bond acceptors (Lipinski definition) is 9. The van der Waals surface area contributed by atoms with Gasteiger partial charge in [0.25, 0.3) is 5.91 Å². The number of benzene rings is 1. The molecule has 3 fully saturated rings. The van der Waals surface area contributed by atoms with Crippen molar-refractivity contribution in [2.24, 2.45) is 34.0 Å². The number of piperidine rings is 1. The largest absolute Gasteiger partial charge is 0.444 e. The van der Waals surface area contributed by atoms with E-state index in [0.717, 1.165) is 30.6 Å². The van der Waals surface area contributed by atoms with E-state index < -0.39 is 80.8 Å². The molecule has 1 aliphatic heterocycles. The number of hydrogen-bond donors (Lipinski definition) is 4. The van der Waals surface area contributed by atoms with Crippen molar-refractivity contribution in [2.75, 3.05) is 33.7 Å². The van der Waals surface area contributed by atoms with Gasteiger partial charge >= 0.3 is 22.3 Å². The highest BCUT2D eigenvalue weighted by atomic mass is 32.2. The van der Waals surface area contributed by atoms with Crippen molar-refractivity contribution < 1.29 is 41.9 Å². The average molecular weight is 844 g/mol. The highest BCUT2D eigenvalue weighted by Crippen LogP contribution is 2.65. The molecular formula is C42H65N7O9S. The highest BCUT2D eigenvalue weighted by Gasteiger charge is 2.70. The molecule has 4 N–H and O–H groups in total. The number of fused-ring (bicyclic) bond motifs is 1. The zero-order valence-electron chi connectivity index (χ0n) is 36.3. The molecule has 6 amide bonds. The van der Waals surface area contributed by atoms with E-state index >= 15 is 0 Å². The van der Waals surface area contributed by atoms with Gasteiger partial charge in [0.1, 0.15) is 18.7 Å². The number of ketones is 1. The number of likely N-dealkylation sites (N-methyl/N-ethyl adjacent to an activating group) is 1. The number of carbonyl (C=O) groups excluding carboxylic acids is 6. The van der Waals surface area contributed by atoms with Gasteiger partial charge in [-0.2, -0.15) is 17.0 Å². The molecule has 1 unspecified atom stereocenters. The molecule has 2 aliphatic carbocycles. The summed E-state index contributed by atoms with van der Waals surface area (Å²) >= 11 is 0. The van der Waals surface area contributed by atoms with Crippen LogP contribution in [0.1, 0.15) is 86.6 Å². The molecule has 16 nitrogen and oxygen atoms in total. The smallest absolute Gasteiger partial charge is 0.424 e. The van der Waals surface area contributed by atoms with E-state index in [0.29, 0.717) is 16.3 Å². The fourth-order valence-corrected chi connectivity index (χ4v) is 8.92. The lowest BCUT2D eigenvalue weighted by Crippen LogP contribution is -2.63. The van der Waals surface area contributed by atoms with E-state index in [-0.39, 0.29) is 49.4 Å². The Kier molecular flexibility index (Phi) is 14.7. The van der Waals surface area contributed by atoms with E-state index in [9.17, 15) is 37.2 Å². The number of ether oxygens (including phenoxy) is 1. The first kappa shape index (κ1) is 47.2. The maximum absolute atomic E-state index is 14.6. The number of nitrogens with one attached hydrogen (secondary N) is 4. The third-order valence-electron chi connectivity index (χ3n) is 12.2. The third kappa shape index (κ3) is 11.2. The van der Waals surface area contributed by atoms with Crippen LogP contribution in [-0.2, 0) is 40.7 Å². The van der Waals surface area contributed by atoms with Crippen LogP contribution < -0.4 is 21.3 Å². The molecule has 4 rings (SSSR count). The summed E-state index contributed by atoms with van der Waals surface area (Å²) in [6.45, 7) is 18.5. The van der Waals surface area contributed by atoms with E-state index in [1.807, 2.05) is 34.6 Å². The molecule has 328 valence electrons. The zero-order valence-corrected chi connectivity index (χ0v) is 37.1. The van der Waals surface area contributed by atoms with Crippen molar-refractivity contribution in [3.63, 3.8) is 0 Å². The van der Waals surface area contributed by atoms with E-state index in [1.165, 1.54) is 18.0 Å². The Balaban J connectivity index is 1.49. The number of likely N-dealkylation sites (tertiary alicyclic amines) is 1. The number of urea groups is 1. The molecule has 17 heteroatoms. The lowest BCUT2D eigenvalue weighted by atomic mass is 9.80. The maximum atomic E-state index is 14.6. The summed E-state index contributed by atoms with van der Waals surface area (Å²) in [5, 5.41) is 11.1. The maximum Gasteiger partial charge on any atom is 0.424 e. The van der Waals surface area contributed by atoms with Crippen LogP contribution in [0.2, 0.25) is 0 Å². The van der Waals surface area contributed by atoms with Gasteiger partial charge in [-0.15, -0.1) is 6.58 Å². The number of rotatable bonds is 17. The van der Waals surface area contributed by atoms with Crippen LogP contribution >= 0.6 is 0 Å². The standard InChI is InChI=1S/C42H65N7O9S/c1-12-21-43-36(52)33(50)29(22-26-19-16-20-26)44-35(51)32-31-28(42(31,8)9)23-49(32)37(53)34(41(5,6)7)46-38(54)45-30(40(2,3)4)24-47(10)59(56,57)48(11)39(55)58-25-27-17-14-13-15-18-27/h12-15,17-18,26,28-32,34H,1,16,19-25H2,2-11H3,(H,43,52)(H,44,51)(H2,45,46,54)/t28-,29?,30+,31-,32-,34+/m0/s1. The lowest BCUT2D eigenvalue weighted by Gasteiger charge is -2.39. The Labute approximate surface area is 349 Å².